The van der Waals surface area contributed by atoms with Crippen LogP contribution in [0.25, 0.3) is 21.3 Å². The lowest BCUT2D eigenvalue weighted by molar-refractivity contribution is -0.137. The second-order valence-corrected chi connectivity index (χ2v) is 6.59. The minimum absolute atomic E-state index is 0.356. The molecule has 2 aromatic heterocycles. The summed E-state index contributed by atoms with van der Waals surface area (Å²) < 4.78 is 14.4. The Labute approximate surface area is 141 Å². The molecule has 0 unspecified atom stereocenters. The number of aromatic nitrogens is 2. The third kappa shape index (κ3) is 2.71. The van der Waals surface area contributed by atoms with E-state index in [9.17, 15) is 14.0 Å². The van der Waals surface area contributed by atoms with Gasteiger partial charge in [0, 0.05) is 16.9 Å². The van der Waals surface area contributed by atoms with Crippen LogP contribution in [0.5, 0.6) is 0 Å². The minimum Gasteiger partial charge on any atom is -0.480 e. The molecule has 1 aromatic carbocycles. The van der Waals surface area contributed by atoms with Crippen molar-refractivity contribution in [3.8, 4) is 11.1 Å². The Bertz CT molecular complexity index is 990. The lowest BCUT2D eigenvalue weighted by atomic mass is 10.0. The van der Waals surface area contributed by atoms with Crippen molar-refractivity contribution in [1.82, 2.24) is 9.55 Å². The maximum absolute atomic E-state index is 13.2. The summed E-state index contributed by atoms with van der Waals surface area (Å²) in [4.78, 5) is 29.9. The first kappa shape index (κ1) is 16.3. The van der Waals surface area contributed by atoms with Crippen molar-refractivity contribution >= 4 is 27.5 Å². The van der Waals surface area contributed by atoms with Gasteiger partial charge in [-0.05, 0) is 24.6 Å². The number of hydrogen-bond acceptors (Lipinski definition) is 4. The quantitative estimate of drug-likeness (QED) is 0.787. The van der Waals surface area contributed by atoms with Gasteiger partial charge in [-0.25, -0.2) is 9.37 Å². The molecule has 0 fully saturated rings. The molecule has 0 aliphatic carbocycles. The summed E-state index contributed by atoms with van der Waals surface area (Å²) in [6.07, 6.45) is 0.460. The fourth-order valence-corrected chi connectivity index (χ4v) is 3.82. The molecule has 24 heavy (non-hydrogen) atoms. The summed E-state index contributed by atoms with van der Waals surface area (Å²) in [5.74, 6) is -1.00. The van der Waals surface area contributed by atoms with Gasteiger partial charge in [-0.15, -0.1) is 11.3 Å². The highest BCUT2D eigenvalue weighted by molar-refractivity contribution is 7.19. The molecule has 0 spiro atoms. The maximum Gasteiger partial charge on any atom is 0.323 e. The number of rotatable bonds is 4. The summed E-state index contributed by atoms with van der Waals surface area (Å²) in [7, 11) is 0. The van der Waals surface area contributed by atoms with E-state index < -0.39 is 12.5 Å². The van der Waals surface area contributed by atoms with E-state index in [1.165, 1.54) is 28.0 Å². The number of aliphatic carboxylic acids is 1. The number of aryl methyl sites for hydroxylation is 2. The van der Waals surface area contributed by atoms with Gasteiger partial charge in [0.15, 0.2) is 0 Å². The van der Waals surface area contributed by atoms with E-state index in [0.29, 0.717) is 33.6 Å². The van der Waals surface area contributed by atoms with Crippen molar-refractivity contribution < 1.29 is 14.3 Å². The number of fused-ring (bicyclic) bond motifs is 1. The first-order chi connectivity index (χ1) is 11.4. The predicted octanol–water partition coefficient (Wildman–Crippen LogP) is 3.22. The number of carboxylic acids is 1. The fraction of sp³-hybridized carbons (Fsp3) is 0.235. The van der Waals surface area contributed by atoms with Gasteiger partial charge in [0.05, 0.1) is 5.39 Å². The Balaban J connectivity index is 2.35. The van der Waals surface area contributed by atoms with Gasteiger partial charge in [0.25, 0.3) is 5.56 Å². The lowest BCUT2D eigenvalue weighted by Crippen LogP contribution is -2.28. The van der Waals surface area contributed by atoms with Gasteiger partial charge in [-0.1, -0.05) is 19.1 Å². The van der Waals surface area contributed by atoms with Gasteiger partial charge < -0.3 is 5.11 Å². The standard InChI is InChI=1S/C17H15FN2O3S/c1-3-12-19-16-15(17(23)20(12)8-13(21)22)14(9(2)24-16)10-4-6-11(18)7-5-10/h4-7H,3,8H2,1-2H3,(H,21,22). The third-order valence-corrected chi connectivity index (χ3v) is 4.81. The first-order valence-electron chi connectivity index (χ1n) is 7.43. The molecule has 0 saturated carbocycles. The summed E-state index contributed by atoms with van der Waals surface area (Å²) in [5, 5.41) is 9.47. The van der Waals surface area contributed by atoms with Crippen molar-refractivity contribution in [2.75, 3.05) is 0 Å². The molecule has 3 aromatic rings. The second kappa shape index (κ2) is 6.16. The average molecular weight is 346 g/mol. The molecule has 5 nitrogen and oxygen atoms in total. The Morgan fingerprint density at radius 1 is 1.33 bits per heavy atom. The molecule has 1 N–H and O–H groups in total. The SMILES string of the molecule is CCc1nc2sc(C)c(-c3ccc(F)cc3)c2c(=O)n1CC(=O)O. The highest BCUT2D eigenvalue weighted by Gasteiger charge is 2.20. The van der Waals surface area contributed by atoms with Gasteiger partial charge in [0.2, 0.25) is 0 Å². The highest BCUT2D eigenvalue weighted by atomic mass is 32.1. The van der Waals surface area contributed by atoms with Crippen LogP contribution in [-0.4, -0.2) is 20.6 Å². The van der Waals surface area contributed by atoms with E-state index >= 15 is 0 Å². The van der Waals surface area contributed by atoms with Gasteiger partial charge in [0.1, 0.15) is 23.0 Å². The van der Waals surface area contributed by atoms with E-state index in [2.05, 4.69) is 4.98 Å². The smallest absolute Gasteiger partial charge is 0.323 e. The fourth-order valence-electron chi connectivity index (χ4n) is 2.77. The Hall–Kier alpha value is -2.54. The van der Waals surface area contributed by atoms with Crippen LogP contribution in [0, 0.1) is 12.7 Å². The predicted molar refractivity (Wildman–Crippen MR) is 91.0 cm³/mol. The topological polar surface area (TPSA) is 72.2 Å². The zero-order valence-electron chi connectivity index (χ0n) is 13.2. The van der Waals surface area contributed by atoms with Crippen LogP contribution < -0.4 is 5.56 Å². The van der Waals surface area contributed by atoms with E-state index in [0.717, 1.165) is 4.88 Å². The summed E-state index contributed by atoms with van der Waals surface area (Å²) in [6.45, 7) is 3.27. The van der Waals surface area contributed by atoms with Gasteiger partial charge in [-0.3, -0.25) is 14.2 Å². The van der Waals surface area contributed by atoms with Crippen LogP contribution in [0.3, 0.4) is 0 Å². The van der Waals surface area contributed by atoms with E-state index in [1.54, 1.807) is 12.1 Å². The zero-order valence-corrected chi connectivity index (χ0v) is 14.0. The van der Waals surface area contributed by atoms with Crippen LogP contribution in [0.4, 0.5) is 4.39 Å². The monoisotopic (exact) mass is 346 g/mol. The van der Waals surface area contributed by atoms with Crippen LogP contribution in [-0.2, 0) is 17.8 Å². The summed E-state index contributed by atoms with van der Waals surface area (Å²) >= 11 is 1.38. The van der Waals surface area contributed by atoms with Crippen LogP contribution >= 0.6 is 11.3 Å². The molecule has 0 aliphatic heterocycles. The number of nitrogens with zero attached hydrogens (tertiary/aromatic N) is 2. The number of benzene rings is 1. The average Bonchev–Trinajstić information content (AvgIpc) is 2.87. The van der Waals surface area contributed by atoms with Crippen molar-refractivity contribution in [2.24, 2.45) is 0 Å². The number of carbonyl (C=O) groups is 1. The molecule has 0 saturated heterocycles. The Kier molecular flexibility index (Phi) is 4.19. The third-order valence-electron chi connectivity index (χ3n) is 3.81. The number of carboxylic acid groups (broad SMARTS) is 1. The number of thiophene rings is 1. The molecule has 7 heteroatoms. The van der Waals surface area contributed by atoms with Crippen molar-refractivity contribution in [3.05, 3.63) is 51.1 Å². The number of halogens is 1. The normalized spacial score (nSPS) is 11.1. The highest BCUT2D eigenvalue weighted by Crippen LogP contribution is 2.35. The lowest BCUT2D eigenvalue weighted by Gasteiger charge is -2.09. The van der Waals surface area contributed by atoms with Crippen LogP contribution in [0.1, 0.15) is 17.6 Å². The first-order valence-corrected chi connectivity index (χ1v) is 8.24. The van der Waals surface area contributed by atoms with E-state index in [4.69, 9.17) is 5.11 Å². The molecular weight excluding hydrogens is 331 g/mol. The van der Waals surface area contributed by atoms with Crippen molar-refractivity contribution in [1.29, 1.82) is 0 Å². The van der Waals surface area contributed by atoms with Crippen molar-refractivity contribution in [2.45, 2.75) is 26.8 Å². The Morgan fingerprint density at radius 2 is 2.00 bits per heavy atom. The van der Waals surface area contributed by atoms with E-state index in [1.807, 2.05) is 13.8 Å². The molecular formula is C17H15FN2O3S. The second-order valence-electron chi connectivity index (χ2n) is 5.39. The largest absolute Gasteiger partial charge is 0.480 e. The van der Waals surface area contributed by atoms with Gasteiger partial charge in [-0.2, -0.15) is 0 Å². The summed E-state index contributed by atoms with van der Waals surface area (Å²) in [6, 6.07) is 5.89. The van der Waals surface area contributed by atoms with Crippen molar-refractivity contribution in [3.63, 3.8) is 0 Å². The minimum atomic E-state index is -1.09. The molecule has 0 amide bonds. The van der Waals surface area contributed by atoms with Crippen LogP contribution in [0.15, 0.2) is 29.1 Å². The van der Waals surface area contributed by atoms with Crippen LogP contribution in [0.2, 0.25) is 0 Å². The molecule has 124 valence electrons. The molecule has 0 aliphatic rings. The molecule has 0 bridgehead atoms. The Morgan fingerprint density at radius 3 is 2.58 bits per heavy atom. The molecule has 0 radical (unpaired) electrons. The molecule has 2 heterocycles. The molecule has 0 atom stereocenters. The summed E-state index contributed by atoms with van der Waals surface area (Å²) in [5.41, 5.74) is 1.03. The van der Waals surface area contributed by atoms with Gasteiger partial charge >= 0.3 is 5.97 Å². The maximum atomic E-state index is 13.2. The zero-order chi connectivity index (χ0) is 17.4. The number of hydrogen-bond donors (Lipinski definition) is 1. The van der Waals surface area contributed by atoms with E-state index in [-0.39, 0.29) is 11.4 Å². The molecule has 3 rings (SSSR count).